The molecule has 0 saturated heterocycles. The molecule has 2 aliphatic rings. The average molecular weight is 365 g/mol. The van der Waals surface area contributed by atoms with Crippen molar-refractivity contribution in [3.63, 3.8) is 0 Å². The lowest BCUT2D eigenvalue weighted by Gasteiger charge is -2.18. The number of aryl methyl sites for hydroxylation is 2. The van der Waals surface area contributed by atoms with Crippen LogP contribution in [0.1, 0.15) is 42.1 Å². The van der Waals surface area contributed by atoms with Gasteiger partial charge in [-0.05, 0) is 55.4 Å². The van der Waals surface area contributed by atoms with Gasteiger partial charge in [0.1, 0.15) is 5.75 Å². The van der Waals surface area contributed by atoms with Crippen LogP contribution in [0.2, 0.25) is 0 Å². The van der Waals surface area contributed by atoms with Gasteiger partial charge in [0.05, 0.1) is 0 Å². The van der Waals surface area contributed by atoms with Crippen LogP contribution in [-0.2, 0) is 27.2 Å². The van der Waals surface area contributed by atoms with Crippen LogP contribution < -0.4 is 10.1 Å². The van der Waals surface area contributed by atoms with Gasteiger partial charge in [0, 0.05) is 11.6 Å². The Kier molecular flexibility index (Phi) is 5.10. The highest BCUT2D eigenvalue weighted by molar-refractivity contribution is 5.85. The molecule has 2 aromatic carbocycles. The van der Waals surface area contributed by atoms with E-state index in [1.807, 2.05) is 30.3 Å². The lowest BCUT2D eigenvalue weighted by Crippen LogP contribution is -2.34. The molecule has 1 N–H and O–H groups in total. The Bertz CT molecular complexity index is 829. The van der Waals surface area contributed by atoms with Crippen molar-refractivity contribution >= 4 is 11.9 Å². The Hall–Kier alpha value is -2.82. The molecule has 0 aliphatic heterocycles. The molecule has 5 nitrogen and oxygen atoms in total. The van der Waals surface area contributed by atoms with E-state index in [9.17, 15) is 9.59 Å². The van der Waals surface area contributed by atoms with Crippen LogP contribution in [-0.4, -0.2) is 24.5 Å². The lowest BCUT2D eigenvalue weighted by atomic mass is 10.1. The Morgan fingerprint density at radius 1 is 1.04 bits per heavy atom. The molecule has 27 heavy (non-hydrogen) atoms. The molecule has 0 bridgehead atoms. The van der Waals surface area contributed by atoms with Gasteiger partial charge in [-0.3, -0.25) is 4.79 Å². The number of hydrogen-bond donors (Lipinski definition) is 1. The summed E-state index contributed by atoms with van der Waals surface area (Å²) in [4.78, 5) is 24.8. The van der Waals surface area contributed by atoms with Crippen LogP contribution in [0.3, 0.4) is 0 Å². The van der Waals surface area contributed by atoms with E-state index in [0.717, 1.165) is 32.1 Å². The number of carbonyl (C=O) groups excluding carboxylic acids is 2. The van der Waals surface area contributed by atoms with Gasteiger partial charge in [0.25, 0.3) is 5.91 Å². The lowest BCUT2D eigenvalue weighted by molar-refractivity contribution is -0.158. The minimum atomic E-state index is -0.956. The first-order valence-corrected chi connectivity index (χ1v) is 9.48. The zero-order valence-corrected chi connectivity index (χ0v) is 15.1. The zero-order valence-electron chi connectivity index (χ0n) is 15.1. The molecular formula is C22H23NO4. The fraction of sp³-hybridized carbons (Fsp3) is 0.364. The number of carbonyl (C=O) groups is 2. The molecule has 4 rings (SSSR count). The number of fused-ring (bicyclic) bond motifs is 1. The first-order valence-electron chi connectivity index (χ1n) is 9.48. The third-order valence-corrected chi connectivity index (χ3v) is 4.94. The molecule has 1 fully saturated rings. The highest BCUT2D eigenvalue weighted by Crippen LogP contribution is 2.26. The van der Waals surface area contributed by atoms with Gasteiger partial charge in [-0.2, -0.15) is 0 Å². The summed E-state index contributed by atoms with van der Waals surface area (Å²) in [5.41, 5.74) is 3.29. The van der Waals surface area contributed by atoms with Crippen molar-refractivity contribution in [3.05, 3.63) is 65.2 Å². The number of rotatable bonds is 7. The van der Waals surface area contributed by atoms with Crippen molar-refractivity contribution in [2.45, 2.75) is 44.2 Å². The largest absolute Gasteiger partial charge is 0.482 e. The summed E-state index contributed by atoms with van der Waals surface area (Å²) >= 11 is 0. The first kappa shape index (κ1) is 17.6. The Balaban J connectivity index is 1.38. The molecule has 1 amide bonds. The molecule has 0 heterocycles. The number of hydrogen-bond acceptors (Lipinski definition) is 4. The normalized spacial score (nSPS) is 16.3. The summed E-state index contributed by atoms with van der Waals surface area (Å²) in [6.45, 7) is -0.223. The third-order valence-electron chi connectivity index (χ3n) is 4.94. The van der Waals surface area contributed by atoms with Gasteiger partial charge in [0.2, 0.25) is 6.10 Å². The third kappa shape index (κ3) is 4.48. The van der Waals surface area contributed by atoms with Crippen molar-refractivity contribution in [1.82, 2.24) is 5.32 Å². The molecule has 140 valence electrons. The maximum Gasteiger partial charge on any atom is 0.345 e. The van der Waals surface area contributed by atoms with E-state index in [2.05, 4.69) is 11.4 Å². The molecule has 0 radical (unpaired) electrons. The number of nitrogens with one attached hydrogen (secondary N) is 1. The molecule has 1 unspecified atom stereocenters. The molecule has 1 saturated carbocycles. The standard InChI is InChI=1S/C22H23NO4/c24-20(14-26-19-12-9-15-7-4-8-17(15)13-19)27-21(16-5-2-1-3-6-16)22(25)23-18-10-11-18/h1-3,5-6,9,12-13,18,21H,4,7-8,10-11,14H2,(H,23,25). The molecule has 0 spiro atoms. The van der Waals surface area contributed by atoms with Crippen LogP contribution in [0.15, 0.2) is 48.5 Å². The Labute approximate surface area is 158 Å². The quantitative estimate of drug-likeness (QED) is 0.766. The number of esters is 1. The molecule has 1 atom stereocenters. The fourth-order valence-corrected chi connectivity index (χ4v) is 3.35. The van der Waals surface area contributed by atoms with Crippen molar-refractivity contribution in [2.24, 2.45) is 0 Å². The highest BCUT2D eigenvalue weighted by Gasteiger charge is 2.30. The summed E-state index contributed by atoms with van der Waals surface area (Å²) in [6, 6.07) is 15.2. The second-order valence-electron chi connectivity index (χ2n) is 7.14. The summed E-state index contributed by atoms with van der Waals surface area (Å²) in [5, 5.41) is 2.90. The topological polar surface area (TPSA) is 64.6 Å². The van der Waals surface area contributed by atoms with Crippen LogP contribution in [0, 0.1) is 0 Å². The van der Waals surface area contributed by atoms with Crippen LogP contribution in [0.25, 0.3) is 0 Å². The van der Waals surface area contributed by atoms with Gasteiger partial charge in [-0.15, -0.1) is 0 Å². The monoisotopic (exact) mass is 365 g/mol. The van der Waals surface area contributed by atoms with E-state index in [4.69, 9.17) is 9.47 Å². The van der Waals surface area contributed by atoms with Gasteiger partial charge in [-0.1, -0.05) is 36.4 Å². The Morgan fingerprint density at radius 2 is 1.81 bits per heavy atom. The van der Waals surface area contributed by atoms with Crippen molar-refractivity contribution in [3.8, 4) is 5.75 Å². The maximum atomic E-state index is 12.5. The zero-order chi connectivity index (χ0) is 18.6. The Morgan fingerprint density at radius 3 is 2.59 bits per heavy atom. The molecular weight excluding hydrogens is 342 g/mol. The summed E-state index contributed by atoms with van der Waals surface area (Å²) < 4.78 is 11.1. The number of benzene rings is 2. The smallest absolute Gasteiger partial charge is 0.345 e. The number of ether oxygens (including phenoxy) is 2. The minimum Gasteiger partial charge on any atom is -0.482 e. The van der Waals surface area contributed by atoms with Gasteiger partial charge in [-0.25, -0.2) is 4.79 Å². The van der Waals surface area contributed by atoms with Gasteiger partial charge in [0.15, 0.2) is 6.61 Å². The summed E-state index contributed by atoms with van der Waals surface area (Å²) in [5.74, 6) is -0.184. The summed E-state index contributed by atoms with van der Waals surface area (Å²) in [6.07, 6.45) is 4.31. The number of amides is 1. The second kappa shape index (κ2) is 7.82. The van der Waals surface area contributed by atoms with Crippen molar-refractivity contribution in [2.75, 3.05) is 6.61 Å². The summed E-state index contributed by atoms with van der Waals surface area (Å²) in [7, 11) is 0. The van der Waals surface area contributed by atoms with Crippen LogP contribution in [0.4, 0.5) is 0 Å². The van der Waals surface area contributed by atoms with Gasteiger partial charge >= 0.3 is 5.97 Å². The van der Waals surface area contributed by atoms with Crippen molar-refractivity contribution in [1.29, 1.82) is 0 Å². The van der Waals surface area contributed by atoms with Crippen LogP contribution in [0.5, 0.6) is 5.75 Å². The second-order valence-corrected chi connectivity index (χ2v) is 7.14. The SMILES string of the molecule is O=C(COc1ccc2c(c1)CCC2)OC(C(=O)NC1CC1)c1ccccc1. The average Bonchev–Trinajstić information content (AvgIpc) is 3.38. The van der Waals surface area contributed by atoms with E-state index in [0.29, 0.717) is 11.3 Å². The molecule has 5 heteroatoms. The predicted octanol–water partition coefficient (Wildman–Crippen LogP) is 3.12. The van der Waals surface area contributed by atoms with E-state index < -0.39 is 12.1 Å². The van der Waals surface area contributed by atoms with Crippen molar-refractivity contribution < 1.29 is 19.1 Å². The molecule has 0 aromatic heterocycles. The fourth-order valence-electron chi connectivity index (χ4n) is 3.35. The van der Waals surface area contributed by atoms with Gasteiger partial charge < -0.3 is 14.8 Å². The predicted molar refractivity (Wildman–Crippen MR) is 100 cm³/mol. The molecule has 2 aliphatic carbocycles. The maximum absolute atomic E-state index is 12.5. The minimum absolute atomic E-state index is 0.199. The molecule has 2 aromatic rings. The first-order chi connectivity index (χ1) is 13.2. The van der Waals surface area contributed by atoms with Crippen LogP contribution >= 0.6 is 0 Å². The van der Waals surface area contributed by atoms with E-state index >= 15 is 0 Å². The highest BCUT2D eigenvalue weighted by atomic mass is 16.6. The van der Waals surface area contributed by atoms with E-state index in [1.165, 1.54) is 11.1 Å². The van der Waals surface area contributed by atoms with E-state index in [-0.39, 0.29) is 18.6 Å². The van der Waals surface area contributed by atoms with E-state index in [1.54, 1.807) is 12.1 Å².